The van der Waals surface area contributed by atoms with E-state index in [1.807, 2.05) is 12.1 Å². The highest BCUT2D eigenvalue weighted by Crippen LogP contribution is 2.40. The van der Waals surface area contributed by atoms with Crippen LogP contribution in [-0.2, 0) is 25.7 Å². The SMILES string of the molecule is Oc1c2cccc1Cc1cc(N=Nc3cccnc3)cc(c1O)Cc1cccc(c1O)Cc1cc(N=Nc3ccncc3)cc(c1O)C2. The summed E-state index contributed by atoms with van der Waals surface area (Å²) < 4.78 is 0. The Balaban J connectivity index is 1.36. The van der Waals surface area contributed by atoms with Crippen molar-refractivity contribution in [2.45, 2.75) is 25.7 Å². The van der Waals surface area contributed by atoms with Gasteiger partial charge in [0.1, 0.15) is 28.7 Å². The Bertz CT molecular complexity index is 1940. The number of phenols is 4. The van der Waals surface area contributed by atoms with Crippen molar-refractivity contribution in [2.24, 2.45) is 20.5 Å². The van der Waals surface area contributed by atoms with E-state index in [0.717, 1.165) is 0 Å². The number of fused-ring (bicyclic) bond motifs is 8. The van der Waals surface area contributed by atoms with Crippen molar-refractivity contribution >= 4 is 22.7 Å². The summed E-state index contributed by atoms with van der Waals surface area (Å²) >= 11 is 0. The Kier molecular flexibility index (Phi) is 8.27. The van der Waals surface area contributed by atoms with Gasteiger partial charge in [-0.15, -0.1) is 5.11 Å². The van der Waals surface area contributed by atoms with E-state index in [4.69, 9.17) is 0 Å². The zero-order valence-corrected chi connectivity index (χ0v) is 25.7. The average molecular weight is 635 g/mol. The number of phenolic OH excluding ortho intramolecular Hbond substituents is 4. The normalized spacial score (nSPS) is 12.8. The largest absolute Gasteiger partial charge is 0.507 e. The molecule has 1 aliphatic carbocycles. The minimum absolute atomic E-state index is 0.0455. The molecule has 236 valence electrons. The summed E-state index contributed by atoms with van der Waals surface area (Å²) in [6.07, 6.45) is 7.29. The molecular weight excluding hydrogens is 604 g/mol. The summed E-state index contributed by atoms with van der Waals surface area (Å²) in [5.41, 5.74) is 6.69. The van der Waals surface area contributed by atoms with Crippen LogP contribution in [0.4, 0.5) is 22.7 Å². The minimum Gasteiger partial charge on any atom is -0.507 e. The van der Waals surface area contributed by atoms with Gasteiger partial charge in [-0.3, -0.25) is 9.97 Å². The van der Waals surface area contributed by atoms with Crippen molar-refractivity contribution in [1.29, 1.82) is 0 Å². The fourth-order valence-electron chi connectivity index (χ4n) is 5.87. The van der Waals surface area contributed by atoms with Gasteiger partial charge in [-0.05, 0) is 70.8 Å². The molecule has 2 aromatic heterocycles. The lowest BCUT2D eigenvalue weighted by Gasteiger charge is -2.17. The first kappa shape index (κ1) is 30.2. The van der Waals surface area contributed by atoms with Crippen molar-refractivity contribution < 1.29 is 20.4 Å². The monoisotopic (exact) mass is 634 g/mol. The van der Waals surface area contributed by atoms with Gasteiger partial charge in [-0.25, -0.2) is 0 Å². The quantitative estimate of drug-likeness (QED) is 0.142. The van der Waals surface area contributed by atoms with Crippen molar-refractivity contribution in [3.05, 3.63) is 154 Å². The number of rotatable bonds is 4. The molecule has 48 heavy (non-hydrogen) atoms. The van der Waals surface area contributed by atoms with Crippen LogP contribution >= 0.6 is 0 Å². The van der Waals surface area contributed by atoms with Crippen LogP contribution < -0.4 is 0 Å². The number of aromatic nitrogens is 2. The van der Waals surface area contributed by atoms with Gasteiger partial charge in [0.05, 0.1) is 23.3 Å². The summed E-state index contributed by atoms with van der Waals surface area (Å²) in [6, 6.07) is 24.8. The van der Waals surface area contributed by atoms with Crippen LogP contribution in [0.25, 0.3) is 0 Å². The van der Waals surface area contributed by atoms with Crippen LogP contribution in [0.1, 0.15) is 44.5 Å². The molecule has 0 amide bonds. The lowest BCUT2D eigenvalue weighted by Crippen LogP contribution is -2.00. The fraction of sp³-hybridized carbons (Fsp3) is 0.105. The summed E-state index contributed by atoms with van der Waals surface area (Å²) in [4.78, 5) is 8.10. The number of para-hydroxylation sites is 2. The lowest BCUT2D eigenvalue weighted by atomic mass is 9.91. The third-order valence-electron chi connectivity index (χ3n) is 8.31. The van der Waals surface area contributed by atoms with E-state index in [1.54, 1.807) is 97.6 Å². The number of hydrogen-bond donors (Lipinski definition) is 4. The van der Waals surface area contributed by atoms with E-state index in [2.05, 4.69) is 30.4 Å². The minimum atomic E-state index is 0.0455. The summed E-state index contributed by atoms with van der Waals surface area (Å²) in [6.45, 7) is 0. The number of pyridine rings is 2. The van der Waals surface area contributed by atoms with Gasteiger partial charge >= 0.3 is 0 Å². The van der Waals surface area contributed by atoms with E-state index in [9.17, 15) is 20.4 Å². The van der Waals surface area contributed by atoms with Gasteiger partial charge in [0.25, 0.3) is 0 Å². The first-order chi connectivity index (χ1) is 23.4. The second kappa shape index (κ2) is 13.1. The zero-order chi connectivity index (χ0) is 33.0. The number of azo groups is 2. The maximum absolute atomic E-state index is 11.5. The third-order valence-corrected chi connectivity index (χ3v) is 8.31. The zero-order valence-electron chi connectivity index (χ0n) is 25.7. The third kappa shape index (κ3) is 6.45. The maximum atomic E-state index is 11.5. The number of aromatic hydroxyl groups is 4. The van der Waals surface area contributed by atoms with Crippen molar-refractivity contribution in [2.75, 3.05) is 0 Å². The van der Waals surface area contributed by atoms with Gasteiger partial charge in [0, 0.05) is 66.5 Å². The van der Waals surface area contributed by atoms with Crippen molar-refractivity contribution in [3.63, 3.8) is 0 Å². The molecule has 0 aliphatic heterocycles. The molecule has 1 aliphatic rings. The molecule has 0 spiro atoms. The summed E-state index contributed by atoms with van der Waals surface area (Å²) in [5, 5.41) is 63.5. The molecule has 10 nitrogen and oxygen atoms in total. The van der Waals surface area contributed by atoms with Gasteiger partial charge in [-0.2, -0.15) is 15.3 Å². The van der Waals surface area contributed by atoms with E-state index in [1.165, 1.54) is 0 Å². The molecule has 0 radical (unpaired) electrons. The van der Waals surface area contributed by atoms with Gasteiger partial charge in [0.15, 0.2) is 0 Å². The molecule has 0 atom stereocenters. The van der Waals surface area contributed by atoms with Crippen LogP contribution in [0.15, 0.2) is 130 Å². The van der Waals surface area contributed by atoms with Crippen LogP contribution in [0.2, 0.25) is 0 Å². The molecule has 4 aromatic carbocycles. The Hall–Kier alpha value is -6.42. The number of hydrogen-bond acceptors (Lipinski definition) is 10. The lowest BCUT2D eigenvalue weighted by molar-refractivity contribution is 0.450. The van der Waals surface area contributed by atoms with Crippen LogP contribution in [-0.4, -0.2) is 30.4 Å². The molecule has 4 N–H and O–H groups in total. The Labute approximate surface area is 276 Å². The molecule has 8 bridgehead atoms. The van der Waals surface area contributed by atoms with Gasteiger partial charge in [-0.1, -0.05) is 36.4 Å². The molecule has 10 heteroatoms. The molecule has 2 heterocycles. The van der Waals surface area contributed by atoms with Crippen molar-refractivity contribution in [3.8, 4) is 23.0 Å². The molecule has 6 aromatic rings. The standard InChI is InChI=1S/C38H30N6O4/c45-35-23-4-1-6-25(35)16-29-20-34(44-42-32-8-3-11-40-22-32)21-30(38(29)48)17-26-7-2-5-24(36(26)46)15-28-19-33(18-27(14-23)37(28)47)43-41-31-9-12-39-13-10-31/h1-13,18-22,45-48H,14-17H2. The molecule has 7 rings (SSSR count). The van der Waals surface area contributed by atoms with E-state index in [-0.39, 0.29) is 48.7 Å². The Morgan fingerprint density at radius 3 is 1.19 bits per heavy atom. The Morgan fingerprint density at radius 2 is 0.771 bits per heavy atom. The average Bonchev–Trinajstić information content (AvgIpc) is 3.10. The molecule has 0 unspecified atom stereocenters. The highest BCUT2D eigenvalue weighted by molar-refractivity contribution is 5.60. The van der Waals surface area contributed by atoms with Crippen LogP contribution in [0.5, 0.6) is 23.0 Å². The highest BCUT2D eigenvalue weighted by Gasteiger charge is 2.20. The second-order valence-corrected chi connectivity index (χ2v) is 11.6. The summed E-state index contributed by atoms with van der Waals surface area (Å²) in [7, 11) is 0. The molecule has 0 saturated heterocycles. The second-order valence-electron chi connectivity index (χ2n) is 11.6. The highest BCUT2D eigenvalue weighted by atomic mass is 16.3. The van der Waals surface area contributed by atoms with Crippen LogP contribution in [0.3, 0.4) is 0 Å². The maximum Gasteiger partial charge on any atom is 0.122 e. The Morgan fingerprint density at radius 1 is 0.375 bits per heavy atom. The molecule has 0 saturated carbocycles. The first-order valence-electron chi connectivity index (χ1n) is 15.3. The predicted molar refractivity (Wildman–Crippen MR) is 180 cm³/mol. The molecule has 0 fully saturated rings. The van der Waals surface area contributed by atoms with E-state index >= 15 is 0 Å². The summed E-state index contributed by atoms with van der Waals surface area (Å²) in [5.74, 6) is 0.205. The van der Waals surface area contributed by atoms with Gasteiger partial charge < -0.3 is 20.4 Å². The number of benzene rings is 4. The first-order valence-corrected chi connectivity index (χ1v) is 15.3. The molecular formula is C38H30N6O4. The van der Waals surface area contributed by atoms with E-state index in [0.29, 0.717) is 67.3 Å². The smallest absolute Gasteiger partial charge is 0.122 e. The fourth-order valence-corrected chi connectivity index (χ4v) is 5.87. The van der Waals surface area contributed by atoms with Gasteiger partial charge in [0.2, 0.25) is 0 Å². The van der Waals surface area contributed by atoms with Crippen molar-refractivity contribution in [1.82, 2.24) is 9.97 Å². The number of nitrogens with zero attached hydrogens (tertiary/aromatic N) is 6. The van der Waals surface area contributed by atoms with Crippen LogP contribution in [0, 0.1) is 0 Å². The predicted octanol–water partition coefficient (Wildman–Crippen LogP) is 8.81. The van der Waals surface area contributed by atoms with E-state index < -0.39 is 0 Å². The topological polar surface area (TPSA) is 156 Å².